The monoisotopic (exact) mass is 568 g/mol. The maximum atomic E-state index is 15.7. The van der Waals surface area contributed by atoms with Gasteiger partial charge < -0.3 is 19.7 Å². The molecule has 2 aliphatic rings. The number of hydrogen-bond acceptors (Lipinski definition) is 8. The molecule has 2 aliphatic heterocycles. The summed E-state index contributed by atoms with van der Waals surface area (Å²) in [5.74, 6) is -0.426. The normalized spacial score (nSPS) is 22.0. The number of nitrogens with zero attached hydrogens (tertiary/aromatic N) is 5. The number of likely N-dealkylation sites (tertiary alicyclic amines) is 1. The molecule has 212 valence electrons. The van der Waals surface area contributed by atoms with Crippen molar-refractivity contribution < 1.29 is 14.2 Å². The number of rotatable bonds is 6. The van der Waals surface area contributed by atoms with Crippen molar-refractivity contribution in [2.24, 2.45) is 5.92 Å². The number of halogens is 2. The first-order chi connectivity index (χ1) is 19.2. The third-order valence-electron chi connectivity index (χ3n) is 7.87. The number of aliphatic hydroxyl groups excluding tert-OH is 1. The number of fused-ring (bicyclic) bond motifs is 1. The summed E-state index contributed by atoms with van der Waals surface area (Å²) in [6.07, 6.45) is 3.06. The summed E-state index contributed by atoms with van der Waals surface area (Å²) in [5.41, 5.74) is 2.16. The second kappa shape index (κ2) is 11.8. The highest BCUT2D eigenvalue weighted by molar-refractivity contribution is 6.33. The Bertz CT molecular complexity index is 1520. The van der Waals surface area contributed by atoms with Crippen LogP contribution in [0.1, 0.15) is 50.4 Å². The zero-order chi connectivity index (χ0) is 28.6. The fraction of sp³-hybridized carbons (Fsp3) is 0.517. The third-order valence-corrected chi connectivity index (χ3v) is 8.15. The minimum Gasteiger partial charge on any atom is -0.389 e. The Labute approximate surface area is 237 Å². The van der Waals surface area contributed by atoms with Gasteiger partial charge in [-0.25, -0.2) is 14.4 Å². The van der Waals surface area contributed by atoms with Gasteiger partial charge in [-0.3, -0.25) is 9.69 Å². The molecule has 11 heteroatoms. The lowest BCUT2D eigenvalue weighted by atomic mass is 9.98. The smallest absolute Gasteiger partial charge is 0.223 e. The molecule has 0 radical (unpaired) electrons. The van der Waals surface area contributed by atoms with Crippen molar-refractivity contribution >= 4 is 28.5 Å². The lowest BCUT2D eigenvalue weighted by molar-refractivity contribution is -0.0136. The molecule has 0 saturated carbocycles. The molecule has 0 spiro atoms. The Kier molecular flexibility index (Phi) is 8.38. The van der Waals surface area contributed by atoms with Crippen molar-refractivity contribution in [1.29, 1.82) is 5.26 Å². The van der Waals surface area contributed by atoms with E-state index < -0.39 is 11.9 Å². The summed E-state index contributed by atoms with van der Waals surface area (Å²) < 4.78 is 23.0. The molecule has 2 aromatic heterocycles. The Balaban J connectivity index is 1.60. The van der Waals surface area contributed by atoms with Gasteiger partial charge in [0.2, 0.25) is 5.95 Å². The Morgan fingerprint density at radius 2 is 2.15 bits per heavy atom. The summed E-state index contributed by atoms with van der Waals surface area (Å²) in [4.78, 5) is 24.5. The van der Waals surface area contributed by atoms with Crippen molar-refractivity contribution in [2.75, 3.05) is 31.6 Å². The van der Waals surface area contributed by atoms with Gasteiger partial charge in [0.1, 0.15) is 5.82 Å². The SMILES string of the molecule is Cc1c(CN2CCC[C@@H](C#N)C2)n(C(C)C)c2cc(-c3nc(N[C@@H]4CCOC[C@H]4O)ncc3Cl)c(F)cc2c1=O. The molecule has 2 saturated heterocycles. The molecule has 4 heterocycles. The average molecular weight is 569 g/mol. The molecule has 3 atom stereocenters. The molecule has 1 aromatic carbocycles. The fourth-order valence-corrected chi connectivity index (χ4v) is 5.96. The van der Waals surface area contributed by atoms with E-state index in [1.807, 2.05) is 13.8 Å². The van der Waals surface area contributed by atoms with Crippen LogP contribution in [0.15, 0.2) is 23.1 Å². The summed E-state index contributed by atoms with van der Waals surface area (Å²) in [6.45, 7) is 8.59. The van der Waals surface area contributed by atoms with E-state index in [2.05, 4.69) is 30.8 Å². The van der Waals surface area contributed by atoms with Crippen LogP contribution < -0.4 is 10.7 Å². The zero-order valence-corrected chi connectivity index (χ0v) is 23.7. The van der Waals surface area contributed by atoms with Gasteiger partial charge in [0, 0.05) is 47.9 Å². The highest BCUT2D eigenvalue weighted by Crippen LogP contribution is 2.33. The van der Waals surface area contributed by atoms with Crippen LogP contribution >= 0.6 is 11.6 Å². The molecule has 5 rings (SSSR count). The minimum atomic E-state index is -0.723. The largest absolute Gasteiger partial charge is 0.389 e. The van der Waals surface area contributed by atoms with Crippen LogP contribution in [0.3, 0.4) is 0 Å². The number of pyridine rings is 1. The van der Waals surface area contributed by atoms with Crippen LogP contribution in [-0.2, 0) is 11.3 Å². The number of anilines is 1. The van der Waals surface area contributed by atoms with Gasteiger partial charge in [-0.2, -0.15) is 5.26 Å². The predicted octanol–water partition coefficient (Wildman–Crippen LogP) is 4.44. The van der Waals surface area contributed by atoms with Crippen molar-refractivity contribution in [3.8, 4) is 17.3 Å². The molecule has 2 N–H and O–H groups in total. The van der Waals surface area contributed by atoms with Crippen LogP contribution in [0.25, 0.3) is 22.2 Å². The molecule has 0 bridgehead atoms. The van der Waals surface area contributed by atoms with E-state index in [0.29, 0.717) is 42.6 Å². The predicted molar refractivity (Wildman–Crippen MR) is 152 cm³/mol. The summed E-state index contributed by atoms with van der Waals surface area (Å²) in [6, 6.07) is 4.95. The molecule has 2 fully saturated rings. The van der Waals surface area contributed by atoms with Crippen molar-refractivity contribution in [3.05, 3.63) is 50.7 Å². The van der Waals surface area contributed by atoms with Gasteiger partial charge in [-0.1, -0.05) is 11.6 Å². The number of nitrogens with one attached hydrogen (secondary N) is 1. The summed E-state index contributed by atoms with van der Waals surface area (Å²) >= 11 is 6.48. The minimum absolute atomic E-state index is 0.0280. The Morgan fingerprint density at radius 3 is 2.88 bits per heavy atom. The summed E-state index contributed by atoms with van der Waals surface area (Å²) in [7, 11) is 0. The number of aromatic nitrogens is 3. The summed E-state index contributed by atoms with van der Waals surface area (Å²) in [5, 5.41) is 23.3. The highest BCUT2D eigenvalue weighted by atomic mass is 35.5. The van der Waals surface area contributed by atoms with E-state index in [1.165, 1.54) is 12.3 Å². The van der Waals surface area contributed by atoms with E-state index in [9.17, 15) is 15.2 Å². The average Bonchev–Trinajstić information content (AvgIpc) is 2.94. The van der Waals surface area contributed by atoms with Gasteiger partial charge in [0.15, 0.2) is 5.43 Å². The molecule has 40 heavy (non-hydrogen) atoms. The molecule has 0 aliphatic carbocycles. The van der Waals surface area contributed by atoms with Crippen molar-refractivity contribution in [1.82, 2.24) is 19.4 Å². The zero-order valence-electron chi connectivity index (χ0n) is 23.0. The standard InChI is InChI=1S/C29H34ClFN6O3/c1-16(2)37-24-10-19(27-21(30)12-33-29(35-27)34-23-6-8-40-15-26(23)38)22(31)9-20(24)28(39)17(3)25(37)14-36-7-4-5-18(11-32)13-36/h9-10,12,16,18,23,26,38H,4-8,13-15H2,1-3H3,(H,33,34,35)/t18-,23+,26+/m0/s1. The quantitative estimate of drug-likeness (QED) is 0.448. The van der Waals surface area contributed by atoms with Gasteiger partial charge in [-0.15, -0.1) is 0 Å². The first-order valence-electron chi connectivity index (χ1n) is 13.7. The van der Waals surface area contributed by atoms with Crippen LogP contribution in [0.2, 0.25) is 5.02 Å². The Hall–Kier alpha value is -3.10. The van der Waals surface area contributed by atoms with Gasteiger partial charge in [0.25, 0.3) is 0 Å². The van der Waals surface area contributed by atoms with Crippen LogP contribution in [0, 0.1) is 30.0 Å². The van der Waals surface area contributed by atoms with Gasteiger partial charge in [0.05, 0.1) is 53.2 Å². The Morgan fingerprint density at radius 1 is 1.35 bits per heavy atom. The van der Waals surface area contributed by atoms with E-state index >= 15 is 4.39 Å². The van der Waals surface area contributed by atoms with E-state index in [4.69, 9.17) is 16.3 Å². The molecular weight excluding hydrogens is 535 g/mol. The fourth-order valence-electron chi connectivity index (χ4n) is 5.77. The molecular formula is C29H34ClFN6O3. The van der Waals surface area contributed by atoms with E-state index in [-0.39, 0.29) is 52.3 Å². The number of hydrogen-bond donors (Lipinski definition) is 2. The van der Waals surface area contributed by atoms with Gasteiger partial charge in [-0.05, 0) is 58.7 Å². The van der Waals surface area contributed by atoms with E-state index in [1.54, 1.807) is 13.0 Å². The number of benzene rings is 1. The molecule has 9 nitrogen and oxygen atoms in total. The van der Waals surface area contributed by atoms with Crippen LogP contribution in [-0.4, -0.2) is 63.0 Å². The second-order valence-corrected chi connectivity index (χ2v) is 11.4. The molecule has 0 amide bonds. The topological polar surface area (TPSA) is 116 Å². The van der Waals surface area contributed by atoms with Gasteiger partial charge >= 0.3 is 0 Å². The lowest BCUT2D eigenvalue weighted by Gasteiger charge is -2.32. The maximum absolute atomic E-state index is 15.7. The van der Waals surface area contributed by atoms with Crippen molar-refractivity contribution in [3.63, 3.8) is 0 Å². The third kappa shape index (κ3) is 5.56. The highest BCUT2D eigenvalue weighted by Gasteiger charge is 2.27. The maximum Gasteiger partial charge on any atom is 0.223 e. The first-order valence-corrected chi connectivity index (χ1v) is 14.1. The number of nitriles is 1. The second-order valence-electron chi connectivity index (χ2n) is 11.0. The van der Waals surface area contributed by atoms with Crippen LogP contribution in [0.5, 0.6) is 0 Å². The number of piperidine rings is 1. The first kappa shape index (κ1) is 28.4. The lowest BCUT2D eigenvalue weighted by Crippen LogP contribution is -2.42. The van der Waals surface area contributed by atoms with Crippen LogP contribution in [0.4, 0.5) is 10.3 Å². The van der Waals surface area contributed by atoms with Crippen molar-refractivity contribution in [2.45, 2.75) is 64.8 Å². The van der Waals surface area contributed by atoms with E-state index in [0.717, 1.165) is 25.1 Å². The molecule has 3 aromatic rings. The molecule has 0 unspecified atom stereocenters. The number of ether oxygens (including phenoxy) is 1. The number of aliphatic hydroxyl groups is 1.